The SMILES string of the molecule is COCCC(C)NC1C2CC3CC(C2)CC1C3. The van der Waals surface area contributed by atoms with Crippen molar-refractivity contribution in [2.24, 2.45) is 23.7 Å². The summed E-state index contributed by atoms with van der Waals surface area (Å²) in [5.74, 6) is 4.17. The van der Waals surface area contributed by atoms with Crippen LogP contribution < -0.4 is 5.32 Å². The molecule has 0 radical (unpaired) electrons. The molecule has 4 aliphatic rings. The van der Waals surface area contributed by atoms with Crippen molar-refractivity contribution in [3.05, 3.63) is 0 Å². The van der Waals surface area contributed by atoms with Crippen molar-refractivity contribution in [2.75, 3.05) is 13.7 Å². The summed E-state index contributed by atoms with van der Waals surface area (Å²) >= 11 is 0. The molecular formula is C15H27NO. The molecule has 17 heavy (non-hydrogen) atoms. The Kier molecular flexibility index (Phi) is 3.45. The third-order valence-corrected chi connectivity index (χ3v) is 5.46. The van der Waals surface area contributed by atoms with Crippen molar-refractivity contribution in [1.82, 2.24) is 5.32 Å². The lowest BCUT2D eigenvalue weighted by atomic mass is 9.54. The standard InChI is InChI=1S/C15H27NO/c1-10(3-4-17-2)16-15-13-6-11-5-12(8-13)9-14(15)7-11/h10-16H,3-9H2,1-2H3. The highest BCUT2D eigenvalue weighted by atomic mass is 16.5. The molecule has 4 aliphatic carbocycles. The van der Waals surface area contributed by atoms with E-state index in [0.29, 0.717) is 6.04 Å². The molecule has 0 aromatic heterocycles. The van der Waals surface area contributed by atoms with Crippen LogP contribution in [-0.2, 0) is 4.74 Å². The fourth-order valence-corrected chi connectivity index (χ4v) is 4.90. The predicted octanol–water partition coefficient (Wildman–Crippen LogP) is 2.83. The average Bonchev–Trinajstić information content (AvgIpc) is 2.30. The molecule has 1 N–H and O–H groups in total. The van der Waals surface area contributed by atoms with Gasteiger partial charge in [0.15, 0.2) is 0 Å². The lowest BCUT2D eigenvalue weighted by Gasteiger charge is -2.55. The Hall–Kier alpha value is -0.0800. The Morgan fingerprint density at radius 2 is 1.65 bits per heavy atom. The normalized spacial score (nSPS) is 45.2. The van der Waals surface area contributed by atoms with Gasteiger partial charge in [-0.15, -0.1) is 0 Å². The first kappa shape index (κ1) is 12.0. The minimum Gasteiger partial charge on any atom is -0.385 e. The fraction of sp³-hybridized carbons (Fsp3) is 1.00. The summed E-state index contributed by atoms with van der Waals surface area (Å²) in [7, 11) is 1.80. The highest BCUT2D eigenvalue weighted by Gasteiger charge is 2.48. The topological polar surface area (TPSA) is 21.3 Å². The average molecular weight is 237 g/mol. The summed E-state index contributed by atoms with van der Waals surface area (Å²) in [6.07, 6.45) is 8.77. The second-order valence-electron chi connectivity index (χ2n) is 6.81. The van der Waals surface area contributed by atoms with E-state index >= 15 is 0 Å². The van der Waals surface area contributed by atoms with Gasteiger partial charge in [0, 0.05) is 25.8 Å². The minimum atomic E-state index is 0.623. The van der Waals surface area contributed by atoms with Crippen LogP contribution in [-0.4, -0.2) is 25.8 Å². The van der Waals surface area contributed by atoms with Crippen LogP contribution >= 0.6 is 0 Å². The molecule has 1 atom stereocenters. The lowest BCUT2D eigenvalue weighted by Crippen LogP contribution is -2.56. The van der Waals surface area contributed by atoms with Gasteiger partial charge in [-0.3, -0.25) is 0 Å². The van der Waals surface area contributed by atoms with Crippen LogP contribution in [0.3, 0.4) is 0 Å². The molecular weight excluding hydrogens is 210 g/mol. The van der Waals surface area contributed by atoms with Crippen molar-refractivity contribution in [1.29, 1.82) is 0 Å². The zero-order valence-corrected chi connectivity index (χ0v) is 11.3. The van der Waals surface area contributed by atoms with E-state index in [1.165, 1.54) is 25.7 Å². The maximum absolute atomic E-state index is 5.18. The zero-order valence-electron chi connectivity index (χ0n) is 11.3. The summed E-state index contributed by atoms with van der Waals surface area (Å²) in [5.41, 5.74) is 0. The van der Waals surface area contributed by atoms with Crippen molar-refractivity contribution >= 4 is 0 Å². The van der Waals surface area contributed by atoms with E-state index in [1.807, 2.05) is 0 Å². The van der Waals surface area contributed by atoms with Crippen LogP contribution in [0.2, 0.25) is 0 Å². The molecule has 2 nitrogen and oxygen atoms in total. The van der Waals surface area contributed by atoms with Gasteiger partial charge in [0.1, 0.15) is 0 Å². The summed E-state index contributed by atoms with van der Waals surface area (Å²) in [4.78, 5) is 0. The van der Waals surface area contributed by atoms with Gasteiger partial charge in [-0.2, -0.15) is 0 Å². The quantitative estimate of drug-likeness (QED) is 0.794. The third-order valence-electron chi connectivity index (χ3n) is 5.46. The molecule has 0 saturated heterocycles. The fourth-order valence-electron chi connectivity index (χ4n) is 4.90. The molecule has 0 aromatic rings. The van der Waals surface area contributed by atoms with Crippen molar-refractivity contribution in [3.8, 4) is 0 Å². The second-order valence-corrected chi connectivity index (χ2v) is 6.81. The molecule has 0 spiro atoms. The lowest BCUT2D eigenvalue weighted by molar-refractivity contribution is -0.0180. The van der Waals surface area contributed by atoms with Gasteiger partial charge >= 0.3 is 0 Å². The molecule has 0 aromatic carbocycles. The van der Waals surface area contributed by atoms with Gasteiger partial charge in [-0.1, -0.05) is 0 Å². The molecule has 0 heterocycles. The van der Waals surface area contributed by atoms with E-state index in [-0.39, 0.29) is 0 Å². The Morgan fingerprint density at radius 3 is 2.18 bits per heavy atom. The number of methoxy groups -OCH3 is 1. The smallest absolute Gasteiger partial charge is 0.0476 e. The van der Waals surface area contributed by atoms with Gasteiger partial charge in [0.05, 0.1) is 0 Å². The number of hydrogen-bond donors (Lipinski definition) is 1. The molecule has 98 valence electrons. The maximum Gasteiger partial charge on any atom is 0.0476 e. The molecule has 2 heteroatoms. The highest BCUT2D eigenvalue weighted by molar-refractivity contribution is 5.01. The zero-order chi connectivity index (χ0) is 11.8. The van der Waals surface area contributed by atoms with Crippen LogP contribution in [0, 0.1) is 23.7 Å². The molecule has 4 saturated carbocycles. The van der Waals surface area contributed by atoms with Gasteiger partial charge in [-0.25, -0.2) is 0 Å². The van der Waals surface area contributed by atoms with Crippen molar-refractivity contribution in [3.63, 3.8) is 0 Å². The Labute approximate surface area is 105 Å². The second kappa shape index (κ2) is 4.89. The first-order chi connectivity index (χ1) is 8.26. The van der Waals surface area contributed by atoms with Gasteiger partial charge in [0.25, 0.3) is 0 Å². The maximum atomic E-state index is 5.18. The van der Waals surface area contributed by atoms with E-state index in [1.54, 1.807) is 13.5 Å². The largest absolute Gasteiger partial charge is 0.385 e. The van der Waals surface area contributed by atoms with E-state index in [4.69, 9.17) is 4.74 Å². The van der Waals surface area contributed by atoms with Crippen LogP contribution in [0.1, 0.15) is 45.4 Å². The molecule has 4 rings (SSSR count). The molecule has 1 unspecified atom stereocenters. The minimum absolute atomic E-state index is 0.623. The van der Waals surface area contributed by atoms with Crippen LogP contribution in [0.15, 0.2) is 0 Å². The first-order valence-electron chi connectivity index (χ1n) is 7.51. The van der Waals surface area contributed by atoms with E-state index in [0.717, 1.165) is 42.7 Å². The number of ether oxygens (including phenoxy) is 1. The number of nitrogens with one attached hydrogen (secondary N) is 1. The Bertz CT molecular complexity index is 238. The number of rotatable bonds is 5. The van der Waals surface area contributed by atoms with E-state index in [2.05, 4.69) is 12.2 Å². The summed E-state index contributed by atoms with van der Waals surface area (Å²) in [5, 5.41) is 3.92. The van der Waals surface area contributed by atoms with Crippen molar-refractivity contribution in [2.45, 2.75) is 57.5 Å². The summed E-state index contributed by atoms with van der Waals surface area (Å²) in [6, 6.07) is 1.45. The van der Waals surface area contributed by atoms with Gasteiger partial charge < -0.3 is 10.1 Å². The van der Waals surface area contributed by atoms with Crippen LogP contribution in [0.25, 0.3) is 0 Å². The first-order valence-corrected chi connectivity index (χ1v) is 7.51. The molecule has 0 amide bonds. The van der Waals surface area contributed by atoms with Crippen molar-refractivity contribution < 1.29 is 4.74 Å². The molecule has 4 fully saturated rings. The number of hydrogen-bond acceptors (Lipinski definition) is 2. The van der Waals surface area contributed by atoms with E-state index < -0.39 is 0 Å². The van der Waals surface area contributed by atoms with Crippen LogP contribution in [0.4, 0.5) is 0 Å². The monoisotopic (exact) mass is 237 g/mol. The Balaban J connectivity index is 1.57. The third kappa shape index (κ3) is 2.39. The summed E-state index contributed by atoms with van der Waals surface area (Å²) < 4.78 is 5.18. The predicted molar refractivity (Wildman–Crippen MR) is 69.9 cm³/mol. The van der Waals surface area contributed by atoms with Gasteiger partial charge in [-0.05, 0) is 69.1 Å². The molecule has 4 bridgehead atoms. The van der Waals surface area contributed by atoms with Gasteiger partial charge in [0.2, 0.25) is 0 Å². The van der Waals surface area contributed by atoms with Crippen LogP contribution in [0.5, 0.6) is 0 Å². The summed E-state index contributed by atoms with van der Waals surface area (Å²) in [6.45, 7) is 3.21. The highest BCUT2D eigenvalue weighted by Crippen LogP contribution is 2.53. The Morgan fingerprint density at radius 1 is 1.06 bits per heavy atom. The van der Waals surface area contributed by atoms with E-state index in [9.17, 15) is 0 Å². The molecule has 0 aliphatic heterocycles.